The second-order valence-corrected chi connectivity index (χ2v) is 9.40. The van der Waals surface area contributed by atoms with Crippen LogP contribution in [0.3, 0.4) is 0 Å². The Bertz CT molecular complexity index is 1450. The van der Waals surface area contributed by atoms with Crippen LogP contribution in [0.1, 0.15) is 40.5 Å². The highest BCUT2D eigenvalue weighted by atomic mass is 16.5. The minimum Gasteiger partial charge on any atom is -0.493 e. The second kappa shape index (κ2) is 11.7. The van der Waals surface area contributed by atoms with Gasteiger partial charge in [-0.05, 0) is 42.3 Å². The summed E-state index contributed by atoms with van der Waals surface area (Å²) < 4.78 is 22.1. The molecule has 1 fully saturated rings. The Balaban J connectivity index is 1.66. The van der Waals surface area contributed by atoms with Crippen LogP contribution in [-0.4, -0.2) is 61.8 Å². The molecule has 0 bridgehead atoms. The maximum Gasteiger partial charge on any atom is 0.337 e. The maximum atomic E-state index is 14.0. The van der Waals surface area contributed by atoms with E-state index in [0.29, 0.717) is 28.4 Å². The van der Waals surface area contributed by atoms with Crippen molar-refractivity contribution in [1.82, 2.24) is 15.3 Å². The van der Waals surface area contributed by atoms with Crippen LogP contribution in [0.2, 0.25) is 0 Å². The maximum absolute atomic E-state index is 14.0. The van der Waals surface area contributed by atoms with Crippen molar-refractivity contribution in [3.05, 3.63) is 101 Å². The van der Waals surface area contributed by atoms with Gasteiger partial charge in [0.05, 0.1) is 45.6 Å². The molecule has 41 heavy (non-hydrogen) atoms. The lowest BCUT2D eigenvalue weighted by Gasteiger charge is -2.33. The Hall–Kier alpha value is -4.83. The summed E-state index contributed by atoms with van der Waals surface area (Å²) in [5, 5.41) is 6.13. The molecule has 0 spiro atoms. The first kappa shape index (κ1) is 27.7. The Labute approximate surface area is 238 Å². The van der Waals surface area contributed by atoms with Gasteiger partial charge in [-0.1, -0.05) is 48.5 Å². The van der Waals surface area contributed by atoms with E-state index in [1.54, 1.807) is 48.3 Å². The molecule has 2 aliphatic heterocycles. The molecule has 3 atom stereocenters. The first-order chi connectivity index (χ1) is 19.9. The van der Waals surface area contributed by atoms with Gasteiger partial charge in [0.2, 0.25) is 5.75 Å². The number of hydrogen-bond acceptors (Lipinski definition) is 8. The van der Waals surface area contributed by atoms with Gasteiger partial charge in [0.15, 0.2) is 11.5 Å². The molecule has 1 saturated heterocycles. The van der Waals surface area contributed by atoms with Crippen LogP contribution in [-0.2, 0) is 14.3 Å². The predicted octanol–water partition coefficient (Wildman–Crippen LogP) is 3.81. The Morgan fingerprint density at radius 2 is 1.46 bits per heavy atom. The number of ether oxygens (including phenoxy) is 4. The zero-order valence-electron chi connectivity index (χ0n) is 23.2. The topological polar surface area (TPSA) is 107 Å². The van der Waals surface area contributed by atoms with Crippen LogP contribution in [0.15, 0.2) is 84.6 Å². The molecule has 2 amide bonds. The number of hydrogen-bond donors (Lipinski definition) is 1. The predicted molar refractivity (Wildman–Crippen MR) is 149 cm³/mol. The van der Waals surface area contributed by atoms with Crippen LogP contribution >= 0.6 is 0 Å². The number of esters is 1. The van der Waals surface area contributed by atoms with Crippen molar-refractivity contribution in [3.8, 4) is 17.2 Å². The van der Waals surface area contributed by atoms with Crippen LogP contribution < -0.4 is 19.5 Å². The molecule has 0 radical (unpaired) electrons. The smallest absolute Gasteiger partial charge is 0.337 e. The zero-order chi connectivity index (χ0) is 29.1. The molecule has 5 rings (SSSR count). The fourth-order valence-corrected chi connectivity index (χ4v) is 5.36. The standard InChI is InChI=1S/C31H31N3O7/c1-5-41-31(37)22-18-33-30(36)25(32-29(35)20-14-10-7-11-15-20)27(19-12-8-6-9-13-19)34(33)26(22)21-16-23(38-2)28(40-4)24(17-21)39-3/h6-18,25-27H,5H2,1-4H3,(H,32,35)/t25-,26+,27-/m1/s1. The van der Waals surface area contributed by atoms with Crippen LogP contribution in [0.25, 0.3) is 0 Å². The molecule has 0 aromatic heterocycles. The number of nitrogens with zero attached hydrogens (tertiary/aromatic N) is 2. The molecular formula is C31H31N3O7. The molecular weight excluding hydrogens is 526 g/mol. The van der Waals surface area contributed by atoms with E-state index in [9.17, 15) is 14.4 Å². The average Bonchev–Trinajstić information content (AvgIpc) is 3.52. The minimum absolute atomic E-state index is 0.157. The number of amides is 2. The van der Waals surface area contributed by atoms with Gasteiger partial charge in [-0.25, -0.2) is 9.80 Å². The Morgan fingerprint density at radius 1 is 0.854 bits per heavy atom. The van der Waals surface area contributed by atoms with E-state index < -0.39 is 24.1 Å². The number of benzene rings is 3. The van der Waals surface area contributed by atoms with Gasteiger partial charge < -0.3 is 24.3 Å². The number of rotatable bonds is 9. The fourth-order valence-electron chi connectivity index (χ4n) is 5.36. The lowest BCUT2D eigenvalue weighted by Crippen LogP contribution is -2.43. The summed E-state index contributed by atoms with van der Waals surface area (Å²) in [6.45, 7) is 1.88. The monoisotopic (exact) mass is 557 g/mol. The summed E-state index contributed by atoms with van der Waals surface area (Å²) >= 11 is 0. The van der Waals surface area contributed by atoms with Crippen molar-refractivity contribution < 1.29 is 33.3 Å². The molecule has 3 aromatic rings. The van der Waals surface area contributed by atoms with Gasteiger partial charge >= 0.3 is 5.97 Å². The molecule has 2 aliphatic rings. The van der Waals surface area contributed by atoms with Crippen molar-refractivity contribution in [2.75, 3.05) is 27.9 Å². The van der Waals surface area contributed by atoms with Crippen molar-refractivity contribution >= 4 is 17.8 Å². The van der Waals surface area contributed by atoms with Gasteiger partial charge in [0, 0.05) is 11.8 Å². The molecule has 0 aliphatic carbocycles. The molecule has 1 N–H and O–H groups in total. The number of carbonyl (C=O) groups excluding carboxylic acids is 3. The summed E-state index contributed by atoms with van der Waals surface area (Å²) in [6, 6.07) is 19.2. The molecule has 212 valence electrons. The third kappa shape index (κ3) is 4.98. The number of nitrogens with one attached hydrogen (secondary N) is 1. The van der Waals surface area contributed by atoms with Gasteiger partial charge in [-0.3, -0.25) is 9.59 Å². The lowest BCUT2D eigenvalue weighted by molar-refractivity contribution is -0.140. The second-order valence-electron chi connectivity index (χ2n) is 9.40. The molecule has 0 unspecified atom stereocenters. The normalized spacial score (nSPS) is 19.8. The Morgan fingerprint density at radius 3 is 2.02 bits per heavy atom. The molecule has 10 nitrogen and oxygen atoms in total. The first-order valence-electron chi connectivity index (χ1n) is 13.1. The highest BCUT2D eigenvalue weighted by Gasteiger charge is 2.55. The van der Waals surface area contributed by atoms with Gasteiger partial charge in [-0.2, -0.15) is 5.01 Å². The first-order valence-corrected chi connectivity index (χ1v) is 13.1. The summed E-state index contributed by atoms with van der Waals surface area (Å²) in [5.74, 6) is -0.171. The number of methoxy groups -OCH3 is 3. The van der Waals surface area contributed by atoms with Crippen molar-refractivity contribution in [1.29, 1.82) is 0 Å². The number of carbonyl (C=O) groups is 3. The summed E-state index contributed by atoms with van der Waals surface area (Å²) in [5.41, 5.74) is 2.06. The van der Waals surface area contributed by atoms with E-state index >= 15 is 0 Å². The lowest BCUT2D eigenvalue weighted by atomic mass is 9.93. The quantitative estimate of drug-likeness (QED) is 0.396. The van der Waals surface area contributed by atoms with E-state index in [-0.39, 0.29) is 24.0 Å². The van der Waals surface area contributed by atoms with E-state index in [1.165, 1.54) is 32.5 Å². The third-order valence-corrected chi connectivity index (χ3v) is 7.14. The van der Waals surface area contributed by atoms with Gasteiger partial charge in [-0.15, -0.1) is 0 Å². The van der Waals surface area contributed by atoms with E-state index in [0.717, 1.165) is 5.56 Å². The Kier molecular flexibility index (Phi) is 7.93. The van der Waals surface area contributed by atoms with E-state index in [1.807, 2.05) is 36.4 Å². The van der Waals surface area contributed by atoms with Crippen molar-refractivity contribution in [3.63, 3.8) is 0 Å². The van der Waals surface area contributed by atoms with Gasteiger partial charge in [0.25, 0.3) is 11.8 Å². The SMILES string of the molecule is CCOC(=O)C1=CN2C(=O)[C@H](NC(=O)c3ccccc3)[C@@H](c3ccccc3)N2[C@H]1c1cc(OC)c(OC)c(OC)c1. The summed E-state index contributed by atoms with van der Waals surface area (Å²) in [6.07, 6.45) is 1.48. The van der Waals surface area contributed by atoms with E-state index in [4.69, 9.17) is 18.9 Å². The molecule has 2 heterocycles. The van der Waals surface area contributed by atoms with Crippen molar-refractivity contribution in [2.45, 2.75) is 25.0 Å². The summed E-state index contributed by atoms with van der Waals surface area (Å²) in [7, 11) is 4.52. The van der Waals surface area contributed by atoms with Crippen LogP contribution in [0, 0.1) is 0 Å². The minimum atomic E-state index is -0.949. The van der Waals surface area contributed by atoms with Gasteiger partial charge in [0.1, 0.15) is 6.04 Å². The number of hydrazine groups is 1. The van der Waals surface area contributed by atoms with Crippen LogP contribution in [0.5, 0.6) is 17.2 Å². The van der Waals surface area contributed by atoms with Crippen LogP contribution in [0.4, 0.5) is 0 Å². The molecule has 3 aromatic carbocycles. The summed E-state index contributed by atoms with van der Waals surface area (Å²) in [4.78, 5) is 40.5. The van der Waals surface area contributed by atoms with Crippen molar-refractivity contribution in [2.24, 2.45) is 0 Å². The molecule has 0 saturated carbocycles. The zero-order valence-corrected chi connectivity index (χ0v) is 23.2. The average molecular weight is 558 g/mol. The van der Waals surface area contributed by atoms with E-state index in [2.05, 4.69) is 5.32 Å². The largest absolute Gasteiger partial charge is 0.493 e. The third-order valence-electron chi connectivity index (χ3n) is 7.14. The highest BCUT2D eigenvalue weighted by molar-refractivity contribution is 6.00. The fraction of sp³-hybridized carbons (Fsp3) is 0.258. The highest BCUT2D eigenvalue weighted by Crippen LogP contribution is 2.50. The number of fused-ring (bicyclic) bond motifs is 1. The molecule has 10 heteroatoms.